The third-order valence-corrected chi connectivity index (χ3v) is 7.25. The van der Waals surface area contributed by atoms with Gasteiger partial charge in [0, 0.05) is 11.4 Å². The smallest absolute Gasteiger partial charge is 0.258 e. The monoisotopic (exact) mass is 421 g/mol. The average Bonchev–Trinajstić information content (AvgIpc) is 3.24. The van der Waals surface area contributed by atoms with Crippen LogP contribution in [-0.4, -0.2) is 38.3 Å². The number of tetrazole rings is 1. The fourth-order valence-electron chi connectivity index (χ4n) is 5.66. The van der Waals surface area contributed by atoms with Crippen LogP contribution in [0.1, 0.15) is 80.9 Å². The van der Waals surface area contributed by atoms with Crippen molar-refractivity contribution in [2.75, 3.05) is 13.1 Å². The summed E-state index contributed by atoms with van der Waals surface area (Å²) in [5.74, 6) is 1.49. The maximum absolute atomic E-state index is 13.3. The number of piperidine rings is 1. The molecule has 31 heavy (non-hydrogen) atoms. The Morgan fingerprint density at radius 2 is 1.97 bits per heavy atom. The van der Waals surface area contributed by atoms with Crippen LogP contribution in [0.3, 0.4) is 0 Å². The van der Waals surface area contributed by atoms with E-state index in [1.165, 1.54) is 37.0 Å². The standard InChI is InChI=1S/C24H32N6O/c1-16-10-11-18-14-20(24(31)25-21(18)13-16)22(29-12-6-7-17(2)15-29)23-26-27-28-30(23)19-8-4-3-5-9-19/h10-11,13-14,17,19,22H,3-9,12,15H2,1-2H3,(H,25,31)/p+1/t17-,22+/m0/s1. The summed E-state index contributed by atoms with van der Waals surface area (Å²) < 4.78 is 2.05. The number of pyridine rings is 1. The Kier molecular flexibility index (Phi) is 5.61. The van der Waals surface area contributed by atoms with Crippen molar-refractivity contribution in [3.8, 4) is 0 Å². The molecule has 3 atom stereocenters. The molecule has 0 radical (unpaired) electrons. The maximum Gasteiger partial charge on any atom is 0.258 e. The van der Waals surface area contributed by atoms with Crippen LogP contribution in [-0.2, 0) is 0 Å². The van der Waals surface area contributed by atoms with Gasteiger partial charge in [0.15, 0.2) is 6.04 Å². The number of benzene rings is 1. The molecule has 1 aliphatic carbocycles. The maximum atomic E-state index is 13.3. The number of fused-ring (bicyclic) bond motifs is 1. The summed E-state index contributed by atoms with van der Waals surface area (Å²) >= 11 is 0. The van der Waals surface area contributed by atoms with Gasteiger partial charge in [-0.1, -0.05) is 38.3 Å². The predicted molar refractivity (Wildman–Crippen MR) is 120 cm³/mol. The van der Waals surface area contributed by atoms with Crippen LogP contribution >= 0.6 is 0 Å². The number of aromatic nitrogens is 5. The first kappa shape index (κ1) is 20.4. The van der Waals surface area contributed by atoms with Crippen LogP contribution < -0.4 is 10.5 Å². The van der Waals surface area contributed by atoms with Crippen LogP contribution in [0, 0.1) is 12.8 Å². The Bertz CT molecular complexity index is 1110. The highest BCUT2D eigenvalue weighted by molar-refractivity contribution is 5.79. The van der Waals surface area contributed by atoms with E-state index in [9.17, 15) is 4.79 Å². The lowest BCUT2D eigenvalue weighted by molar-refractivity contribution is -0.934. The lowest BCUT2D eigenvalue weighted by atomic mass is 9.93. The minimum absolute atomic E-state index is 0.0213. The number of hydrogen-bond donors (Lipinski definition) is 2. The van der Waals surface area contributed by atoms with Gasteiger partial charge in [-0.15, -0.1) is 5.10 Å². The minimum Gasteiger partial charge on any atom is -0.322 e. The van der Waals surface area contributed by atoms with Gasteiger partial charge in [0.2, 0.25) is 5.82 Å². The molecule has 0 bridgehead atoms. The third-order valence-electron chi connectivity index (χ3n) is 7.25. The Morgan fingerprint density at radius 1 is 1.13 bits per heavy atom. The number of likely N-dealkylation sites (tertiary alicyclic amines) is 1. The van der Waals surface area contributed by atoms with Gasteiger partial charge in [0.25, 0.3) is 5.56 Å². The molecule has 1 saturated heterocycles. The Morgan fingerprint density at radius 3 is 2.77 bits per heavy atom. The van der Waals surface area contributed by atoms with Crippen molar-refractivity contribution in [1.29, 1.82) is 0 Å². The molecule has 2 aliphatic rings. The molecule has 2 fully saturated rings. The first-order valence-corrected chi connectivity index (χ1v) is 11.9. The first-order chi connectivity index (χ1) is 15.1. The highest BCUT2D eigenvalue weighted by Crippen LogP contribution is 2.30. The Hall–Kier alpha value is -2.54. The van der Waals surface area contributed by atoms with Crippen molar-refractivity contribution in [1.82, 2.24) is 25.2 Å². The van der Waals surface area contributed by atoms with Crippen LogP contribution in [0.5, 0.6) is 0 Å². The number of nitrogens with one attached hydrogen (secondary N) is 2. The molecule has 5 rings (SSSR count). The van der Waals surface area contributed by atoms with Gasteiger partial charge < -0.3 is 9.88 Å². The zero-order valence-electron chi connectivity index (χ0n) is 18.6. The van der Waals surface area contributed by atoms with Gasteiger partial charge in [-0.2, -0.15) is 0 Å². The molecule has 2 N–H and O–H groups in total. The molecule has 7 nitrogen and oxygen atoms in total. The molecular weight excluding hydrogens is 388 g/mol. The summed E-state index contributed by atoms with van der Waals surface area (Å²) in [5, 5.41) is 14.1. The quantitative estimate of drug-likeness (QED) is 0.679. The summed E-state index contributed by atoms with van der Waals surface area (Å²) in [6.07, 6.45) is 8.37. The third kappa shape index (κ3) is 4.03. The van der Waals surface area contributed by atoms with E-state index in [0.717, 1.165) is 53.8 Å². The number of aryl methyl sites for hydroxylation is 1. The number of rotatable bonds is 4. The second kappa shape index (κ2) is 8.54. The van der Waals surface area contributed by atoms with Gasteiger partial charge in [-0.05, 0) is 66.1 Å². The first-order valence-electron chi connectivity index (χ1n) is 11.9. The van der Waals surface area contributed by atoms with Gasteiger partial charge >= 0.3 is 0 Å². The largest absolute Gasteiger partial charge is 0.322 e. The number of hydrogen-bond acceptors (Lipinski definition) is 4. The van der Waals surface area contributed by atoms with Crippen molar-refractivity contribution in [2.45, 2.75) is 70.9 Å². The highest BCUT2D eigenvalue weighted by Gasteiger charge is 2.37. The molecule has 1 aromatic carbocycles. The number of H-pyrrole nitrogens is 1. The van der Waals surface area contributed by atoms with Crippen molar-refractivity contribution < 1.29 is 4.90 Å². The van der Waals surface area contributed by atoms with Crippen molar-refractivity contribution >= 4 is 10.9 Å². The second-order valence-electron chi connectivity index (χ2n) is 9.71. The fraction of sp³-hybridized carbons (Fsp3) is 0.583. The summed E-state index contributed by atoms with van der Waals surface area (Å²) in [5.41, 5.74) is 2.80. The lowest BCUT2D eigenvalue weighted by Crippen LogP contribution is -3.14. The highest BCUT2D eigenvalue weighted by atomic mass is 16.1. The van der Waals surface area contributed by atoms with Crippen molar-refractivity contribution in [3.63, 3.8) is 0 Å². The molecule has 1 saturated carbocycles. The van der Waals surface area contributed by atoms with E-state index in [0.29, 0.717) is 12.0 Å². The summed E-state index contributed by atoms with van der Waals surface area (Å²) in [4.78, 5) is 17.9. The minimum atomic E-state index is -0.144. The molecule has 7 heteroatoms. The fourth-order valence-corrected chi connectivity index (χ4v) is 5.66. The van der Waals surface area contributed by atoms with E-state index < -0.39 is 0 Å². The van der Waals surface area contributed by atoms with Crippen LogP contribution in [0.2, 0.25) is 0 Å². The van der Waals surface area contributed by atoms with Gasteiger partial charge in [-0.25, -0.2) is 4.68 Å². The summed E-state index contributed by atoms with van der Waals surface area (Å²) in [6.45, 7) is 6.44. The Labute approximate surface area is 182 Å². The van der Waals surface area contributed by atoms with E-state index in [4.69, 9.17) is 0 Å². The van der Waals surface area contributed by atoms with E-state index >= 15 is 0 Å². The molecule has 0 amide bonds. The van der Waals surface area contributed by atoms with E-state index in [1.54, 1.807) is 0 Å². The number of nitrogens with zero attached hydrogens (tertiary/aromatic N) is 4. The number of aromatic amines is 1. The molecule has 2 aromatic heterocycles. The normalized spacial score (nSPS) is 23.8. The molecule has 0 spiro atoms. The average molecular weight is 422 g/mol. The zero-order valence-corrected chi connectivity index (χ0v) is 18.6. The van der Waals surface area contributed by atoms with Crippen molar-refractivity contribution in [3.05, 3.63) is 51.6 Å². The number of quaternary nitrogens is 1. The predicted octanol–water partition coefficient (Wildman–Crippen LogP) is 2.73. The molecular formula is C24H33N6O+. The van der Waals surface area contributed by atoms with Gasteiger partial charge in [-0.3, -0.25) is 4.79 Å². The van der Waals surface area contributed by atoms with Crippen molar-refractivity contribution in [2.24, 2.45) is 5.92 Å². The molecule has 3 aromatic rings. The molecule has 3 heterocycles. The van der Waals surface area contributed by atoms with Crippen LogP contribution in [0.4, 0.5) is 0 Å². The second-order valence-corrected chi connectivity index (χ2v) is 9.71. The lowest BCUT2D eigenvalue weighted by Gasteiger charge is -2.34. The molecule has 1 unspecified atom stereocenters. The van der Waals surface area contributed by atoms with E-state index in [2.05, 4.69) is 50.3 Å². The summed E-state index contributed by atoms with van der Waals surface area (Å²) in [7, 11) is 0. The van der Waals surface area contributed by atoms with Gasteiger partial charge in [0.05, 0.1) is 24.7 Å². The molecule has 164 valence electrons. The molecule has 1 aliphatic heterocycles. The van der Waals surface area contributed by atoms with Crippen LogP contribution in [0.15, 0.2) is 29.1 Å². The van der Waals surface area contributed by atoms with Gasteiger partial charge in [0.1, 0.15) is 0 Å². The zero-order chi connectivity index (χ0) is 21.4. The SMILES string of the molecule is Cc1ccc2cc([C@H](c3nnnn3C3CCCCC3)[NH+]3CCC[C@H](C)C3)c(=O)[nH]c2c1. The van der Waals surface area contributed by atoms with E-state index in [-0.39, 0.29) is 11.6 Å². The van der Waals surface area contributed by atoms with Crippen LogP contribution in [0.25, 0.3) is 10.9 Å². The topological polar surface area (TPSA) is 80.9 Å². The van der Waals surface area contributed by atoms with E-state index in [1.807, 2.05) is 13.0 Å². The summed E-state index contributed by atoms with van der Waals surface area (Å²) in [6, 6.07) is 8.50. The Balaban J connectivity index is 1.63.